The second-order valence-corrected chi connectivity index (χ2v) is 8.18. The van der Waals surface area contributed by atoms with Crippen molar-refractivity contribution in [2.45, 2.75) is 142 Å². The maximum absolute atomic E-state index is 11.1. The van der Waals surface area contributed by atoms with E-state index >= 15 is 0 Å². The molecule has 0 rings (SSSR count). The third kappa shape index (κ3) is 21.6. The lowest BCUT2D eigenvalue weighted by molar-refractivity contribution is -0.140. The number of carboxylic acids is 1. The molecule has 0 amide bonds. The Labute approximate surface area is 169 Å². The summed E-state index contributed by atoms with van der Waals surface area (Å²) in [6.45, 7) is 5.23. The van der Waals surface area contributed by atoms with Crippen molar-refractivity contribution in [2.75, 3.05) is 6.61 Å². The molecular weight excluding hydrogens is 336 g/mol. The second kappa shape index (κ2) is 21.7. The number of hydrogen-bond donors (Lipinski definition) is 1. The summed E-state index contributed by atoms with van der Waals surface area (Å²) in [4.78, 5) is 11.1. The summed E-state index contributed by atoms with van der Waals surface area (Å²) in [5, 5.41) is 9.09. The van der Waals surface area contributed by atoms with Gasteiger partial charge in [0.2, 0.25) is 0 Å². The normalized spacial score (nSPS) is 12.4. The minimum Gasteiger partial charge on any atom is -0.481 e. The van der Waals surface area contributed by atoms with Gasteiger partial charge in [0, 0.05) is 6.61 Å². The van der Waals surface area contributed by atoms with Gasteiger partial charge in [-0.05, 0) is 12.8 Å². The molecule has 0 bridgehead atoms. The van der Waals surface area contributed by atoms with E-state index in [1.165, 1.54) is 96.3 Å². The minimum absolute atomic E-state index is 0.0865. The number of unbranched alkanes of at least 4 members (excludes halogenated alkanes) is 15. The van der Waals surface area contributed by atoms with E-state index in [2.05, 4.69) is 13.8 Å². The van der Waals surface area contributed by atoms with Gasteiger partial charge in [-0.15, -0.1) is 0 Å². The molecule has 0 spiro atoms. The maximum Gasteiger partial charge on any atom is 0.305 e. The van der Waals surface area contributed by atoms with Gasteiger partial charge >= 0.3 is 5.97 Å². The molecule has 1 atom stereocenters. The highest BCUT2D eigenvalue weighted by Crippen LogP contribution is 2.15. The zero-order valence-electron chi connectivity index (χ0n) is 18.5. The first-order valence-electron chi connectivity index (χ1n) is 12.0. The van der Waals surface area contributed by atoms with E-state index in [1.54, 1.807) is 0 Å². The van der Waals surface area contributed by atoms with Crippen molar-refractivity contribution in [1.29, 1.82) is 0 Å². The van der Waals surface area contributed by atoms with Crippen molar-refractivity contribution in [3.63, 3.8) is 0 Å². The summed E-state index contributed by atoms with van der Waals surface area (Å²) >= 11 is 0. The summed E-state index contributed by atoms with van der Waals surface area (Å²) in [5.41, 5.74) is 0. The standard InChI is InChI=1S/C24H48O3/c1-3-5-7-9-11-13-14-16-18-20-23(22-24(25)26)27-21-19-17-15-12-10-8-6-4-2/h23H,3-22H2,1-2H3,(H,25,26). The molecule has 0 saturated heterocycles. The van der Waals surface area contributed by atoms with Gasteiger partial charge in [0.15, 0.2) is 0 Å². The van der Waals surface area contributed by atoms with Crippen molar-refractivity contribution < 1.29 is 14.6 Å². The smallest absolute Gasteiger partial charge is 0.305 e. The quantitative estimate of drug-likeness (QED) is 0.193. The van der Waals surface area contributed by atoms with Gasteiger partial charge in [-0.2, -0.15) is 0 Å². The van der Waals surface area contributed by atoms with Crippen LogP contribution in [0.3, 0.4) is 0 Å². The van der Waals surface area contributed by atoms with E-state index in [0.717, 1.165) is 25.9 Å². The molecule has 3 heteroatoms. The highest BCUT2D eigenvalue weighted by Gasteiger charge is 2.13. The van der Waals surface area contributed by atoms with Crippen LogP contribution in [-0.2, 0) is 9.53 Å². The molecule has 0 radical (unpaired) electrons. The maximum atomic E-state index is 11.1. The van der Waals surface area contributed by atoms with E-state index in [0.29, 0.717) is 0 Å². The van der Waals surface area contributed by atoms with E-state index in [1.807, 2.05) is 0 Å². The largest absolute Gasteiger partial charge is 0.481 e. The van der Waals surface area contributed by atoms with Crippen LogP contribution in [0, 0.1) is 0 Å². The molecule has 27 heavy (non-hydrogen) atoms. The lowest BCUT2D eigenvalue weighted by atomic mass is 10.0. The van der Waals surface area contributed by atoms with Crippen molar-refractivity contribution in [3.05, 3.63) is 0 Å². The first-order valence-corrected chi connectivity index (χ1v) is 12.0. The Morgan fingerprint density at radius 2 is 1.07 bits per heavy atom. The lowest BCUT2D eigenvalue weighted by Crippen LogP contribution is -2.18. The van der Waals surface area contributed by atoms with Crippen molar-refractivity contribution in [1.82, 2.24) is 0 Å². The summed E-state index contributed by atoms with van der Waals surface area (Å²) in [6, 6.07) is 0. The molecule has 0 aromatic rings. The first-order chi connectivity index (χ1) is 13.2. The molecule has 0 aliphatic carbocycles. The van der Waals surface area contributed by atoms with Crippen LogP contribution >= 0.6 is 0 Å². The predicted molar refractivity (Wildman–Crippen MR) is 116 cm³/mol. The molecular formula is C24H48O3. The highest BCUT2D eigenvalue weighted by molar-refractivity contribution is 5.67. The Morgan fingerprint density at radius 3 is 1.52 bits per heavy atom. The minimum atomic E-state index is -0.730. The van der Waals surface area contributed by atoms with Crippen LogP contribution in [0.15, 0.2) is 0 Å². The van der Waals surface area contributed by atoms with E-state index in [4.69, 9.17) is 9.84 Å². The van der Waals surface area contributed by atoms with Gasteiger partial charge in [0.05, 0.1) is 12.5 Å². The van der Waals surface area contributed by atoms with Crippen LogP contribution in [0.5, 0.6) is 0 Å². The molecule has 0 saturated carbocycles. The fraction of sp³-hybridized carbons (Fsp3) is 0.958. The van der Waals surface area contributed by atoms with Crippen LogP contribution in [0.4, 0.5) is 0 Å². The van der Waals surface area contributed by atoms with Gasteiger partial charge in [-0.1, -0.05) is 117 Å². The van der Waals surface area contributed by atoms with E-state index < -0.39 is 5.97 Å². The topological polar surface area (TPSA) is 46.5 Å². The summed E-state index contributed by atoms with van der Waals surface area (Å²) in [5.74, 6) is -0.730. The van der Waals surface area contributed by atoms with Crippen LogP contribution < -0.4 is 0 Å². The van der Waals surface area contributed by atoms with Gasteiger partial charge in [-0.3, -0.25) is 4.79 Å². The Bertz CT molecular complexity index is 282. The van der Waals surface area contributed by atoms with Crippen molar-refractivity contribution in [3.8, 4) is 0 Å². The van der Waals surface area contributed by atoms with Crippen LogP contribution in [0.2, 0.25) is 0 Å². The van der Waals surface area contributed by atoms with Crippen molar-refractivity contribution >= 4 is 5.97 Å². The Balaban J connectivity index is 3.58. The van der Waals surface area contributed by atoms with Crippen LogP contribution in [0.25, 0.3) is 0 Å². The third-order valence-electron chi connectivity index (χ3n) is 5.38. The molecule has 0 aromatic carbocycles. The number of ether oxygens (including phenoxy) is 1. The third-order valence-corrected chi connectivity index (χ3v) is 5.38. The number of carboxylic acid groups (broad SMARTS) is 1. The van der Waals surface area contributed by atoms with Crippen LogP contribution in [-0.4, -0.2) is 23.8 Å². The highest BCUT2D eigenvalue weighted by atomic mass is 16.5. The lowest BCUT2D eigenvalue weighted by Gasteiger charge is -2.16. The Kier molecular flexibility index (Phi) is 21.3. The number of hydrogen-bond acceptors (Lipinski definition) is 2. The number of aliphatic carboxylic acids is 1. The summed E-state index contributed by atoms with van der Waals surface area (Å²) < 4.78 is 5.89. The molecule has 3 nitrogen and oxygen atoms in total. The fourth-order valence-corrected chi connectivity index (χ4v) is 3.61. The number of rotatable bonds is 22. The molecule has 0 aliphatic rings. The SMILES string of the molecule is CCCCCCCCCCCC(CC(=O)O)OCCCCCCCCCC. The number of carbonyl (C=O) groups is 1. The zero-order chi connectivity index (χ0) is 20.0. The predicted octanol–water partition coefficient (Wildman–Crippen LogP) is 7.91. The van der Waals surface area contributed by atoms with E-state index in [9.17, 15) is 4.79 Å². The zero-order valence-corrected chi connectivity index (χ0v) is 18.5. The average Bonchev–Trinajstić information content (AvgIpc) is 2.64. The van der Waals surface area contributed by atoms with Crippen LogP contribution in [0.1, 0.15) is 136 Å². The van der Waals surface area contributed by atoms with E-state index in [-0.39, 0.29) is 12.5 Å². The van der Waals surface area contributed by atoms with Crippen molar-refractivity contribution in [2.24, 2.45) is 0 Å². The molecule has 0 aromatic heterocycles. The molecule has 0 heterocycles. The van der Waals surface area contributed by atoms with Gasteiger partial charge < -0.3 is 9.84 Å². The first kappa shape index (κ1) is 26.4. The summed E-state index contributed by atoms with van der Waals surface area (Å²) in [7, 11) is 0. The molecule has 0 fully saturated rings. The Hall–Kier alpha value is -0.570. The fourth-order valence-electron chi connectivity index (χ4n) is 3.61. The molecule has 1 N–H and O–H groups in total. The Morgan fingerprint density at radius 1 is 0.667 bits per heavy atom. The second-order valence-electron chi connectivity index (χ2n) is 8.18. The summed E-state index contributed by atoms with van der Waals surface area (Å²) in [6.07, 6.45) is 23.0. The molecule has 0 aliphatic heterocycles. The molecule has 162 valence electrons. The molecule has 1 unspecified atom stereocenters. The monoisotopic (exact) mass is 384 g/mol. The van der Waals surface area contributed by atoms with Gasteiger partial charge in [0.25, 0.3) is 0 Å². The average molecular weight is 385 g/mol. The van der Waals surface area contributed by atoms with Gasteiger partial charge in [-0.25, -0.2) is 0 Å². The van der Waals surface area contributed by atoms with Gasteiger partial charge in [0.1, 0.15) is 0 Å².